The van der Waals surface area contributed by atoms with Crippen LogP contribution >= 0.6 is 24.0 Å². The van der Waals surface area contributed by atoms with Crippen molar-refractivity contribution < 1.29 is 14.3 Å². The molecule has 0 radical (unpaired) electrons. The highest BCUT2D eigenvalue weighted by atomic mass is 32.2. The number of ether oxygens (including phenoxy) is 1. The highest BCUT2D eigenvalue weighted by Gasteiger charge is 2.34. The minimum absolute atomic E-state index is 0.135. The molecule has 0 aromatic heterocycles. The lowest BCUT2D eigenvalue weighted by Gasteiger charge is -2.17. The molecule has 2 aromatic carbocycles. The van der Waals surface area contributed by atoms with Gasteiger partial charge in [0.25, 0.3) is 5.91 Å². The summed E-state index contributed by atoms with van der Waals surface area (Å²) >= 11 is 6.70. The molecule has 0 bridgehead atoms. The van der Waals surface area contributed by atoms with E-state index in [4.69, 9.17) is 12.2 Å². The average Bonchev–Trinajstić information content (AvgIpc) is 2.89. The molecule has 1 heterocycles. The number of rotatable bonds is 3. The number of benzene rings is 2. The van der Waals surface area contributed by atoms with Gasteiger partial charge < -0.3 is 4.74 Å². The summed E-state index contributed by atoms with van der Waals surface area (Å²) in [5.74, 6) is -0.526. The van der Waals surface area contributed by atoms with Crippen molar-refractivity contribution in [2.24, 2.45) is 0 Å². The zero-order valence-corrected chi connectivity index (χ0v) is 16.2. The first-order valence-corrected chi connectivity index (χ1v) is 9.17. The molecule has 3 rings (SSSR count). The van der Waals surface area contributed by atoms with Gasteiger partial charge in [-0.1, -0.05) is 53.8 Å². The summed E-state index contributed by atoms with van der Waals surface area (Å²) in [7, 11) is 1.34. The van der Waals surface area contributed by atoms with E-state index in [0.717, 1.165) is 22.4 Å². The van der Waals surface area contributed by atoms with Gasteiger partial charge in [-0.05, 0) is 49.2 Å². The molecule has 4 nitrogen and oxygen atoms in total. The Hall–Kier alpha value is -2.44. The van der Waals surface area contributed by atoms with Gasteiger partial charge in [0.05, 0.1) is 23.3 Å². The minimum atomic E-state index is -0.391. The van der Waals surface area contributed by atoms with Crippen molar-refractivity contribution in [3.63, 3.8) is 0 Å². The van der Waals surface area contributed by atoms with Crippen LogP contribution in [0.2, 0.25) is 0 Å². The summed E-state index contributed by atoms with van der Waals surface area (Å²) in [5.41, 5.74) is 4.23. The second-order valence-electron chi connectivity index (χ2n) is 5.92. The summed E-state index contributed by atoms with van der Waals surface area (Å²) in [6.07, 6.45) is 1.78. The second kappa shape index (κ2) is 7.43. The topological polar surface area (TPSA) is 46.6 Å². The second-order valence-corrected chi connectivity index (χ2v) is 7.60. The van der Waals surface area contributed by atoms with Crippen LogP contribution in [-0.4, -0.2) is 23.3 Å². The Morgan fingerprint density at radius 3 is 2.46 bits per heavy atom. The summed E-state index contributed by atoms with van der Waals surface area (Å²) in [6, 6.07) is 12.8. The van der Waals surface area contributed by atoms with Crippen LogP contribution in [0.1, 0.15) is 27.0 Å². The first-order valence-electron chi connectivity index (χ1n) is 7.94. The molecule has 2 aromatic rings. The molecule has 1 aliphatic rings. The number of anilines is 1. The van der Waals surface area contributed by atoms with E-state index in [0.29, 0.717) is 14.8 Å². The Morgan fingerprint density at radius 1 is 1.15 bits per heavy atom. The van der Waals surface area contributed by atoms with Crippen LogP contribution in [-0.2, 0) is 9.53 Å². The quantitative estimate of drug-likeness (QED) is 0.444. The van der Waals surface area contributed by atoms with Crippen LogP contribution in [0.4, 0.5) is 5.69 Å². The van der Waals surface area contributed by atoms with Crippen LogP contribution in [0.3, 0.4) is 0 Å². The normalized spacial score (nSPS) is 15.7. The molecule has 6 heteroatoms. The summed E-state index contributed by atoms with van der Waals surface area (Å²) < 4.78 is 5.20. The molecule has 0 spiro atoms. The lowest BCUT2D eigenvalue weighted by Crippen LogP contribution is -2.28. The van der Waals surface area contributed by atoms with Crippen LogP contribution in [0.5, 0.6) is 0 Å². The third kappa shape index (κ3) is 3.57. The molecule has 0 atom stereocenters. The number of thiocarbonyl (C=S) groups is 1. The minimum Gasteiger partial charge on any atom is -0.465 e. The maximum absolute atomic E-state index is 12.9. The van der Waals surface area contributed by atoms with Gasteiger partial charge in [0, 0.05) is 0 Å². The smallest absolute Gasteiger partial charge is 0.337 e. The highest BCUT2D eigenvalue weighted by Crippen LogP contribution is 2.37. The van der Waals surface area contributed by atoms with Gasteiger partial charge >= 0.3 is 5.97 Å². The highest BCUT2D eigenvalue weighted by molar-refractivity contribution is 8.27. The number of nitrogens with zero attached hydrogens (tertiary/aromatic N) is 1. The van der Waals surface area contributed by atoms with Crippen molar-refractivity contribution in [2.45, 2.75) is 13.8 Å². The molecule has 26 heavy (non-hydrogen) atoms. The van der Waals surface area contributed by atoms with E-state index in [1.54, 1.807) is 35.2 Å². The van der Waals surface area contributed by atoms with Gasteiger partial charge in [0.15, 0.2) is 4.32 Å². The molecule has 132 valence electrons. The molecule has 1 saturated heterocycles. The van der Waals surface area contributed by atoms with Crippen LogP contribution < -0.4 is 4.90 Å². The lowest BCUT2D eigenvalue weighted by molar-refractivity contribution is -0.113. The molecule has 0 saturated carbocycles. The maximum atomic E-state index is 12.9. The van der Waals surface area contributed by atoms with Gasteiger partial charge in [0.2, 0.25) is 0 Å². The number of thioether (sulfide) groups is 1. The van der Waals surface area contributed by atoms with Gasteiger partial charge in [-0.2, -0.15) is 0 Å². The number of carbonyl (C=O) groups is 2. The molecule has 0 aliphatic carbocycles. The number of hydrogen-bond donors (Lipinski definition) is 0. The largest absolute Gasteiger partial charge is 0.465 e. The number of aryl methyl sites for hydroxylation is 2. The fourth-order valence-corrected chi connectivity index (χ4v) is 4.00. The van der Waals surface area contributed by atoms with E-state index in [9.17, 15) is 9.59 Å². The van der Waals surface area contributed by atoms with Crippen LogP contribution in [0.25, 0.3) is 6.08 Å². The van der Waals surface area contributed by atoms with Gasteiger partial charge in [-0.25, -0.2) is 4.79 Å². The Labute approximate surface area is 161 Å². The summed E-state index contributed by atoms with van der Waals surface area (Å²) in [5, 5.41) is 0. The van der Waals surface area contributed by atoms with Crippen molar-refractivity contribution in [3.8, 4) is 0 Å². The fraction of sp³-hybridized carbons (Fsp3) is 0.150. The number of methoxy groups -OCH3 is 1. The Balaban J connectivity index is 1.88. The van der Waals surface area contributed by atoms with Gasteiger partial charge in [-0.3, -0.25) is 9.69 Å². The molecule has 0 unspecified atom stereocenters. The molecule has 1 aliphatic heterocycles. The van der Waals surface area contributed by atoms with Gasteiger partial charge in [0.1, 0.15) is 0 Å². The summed E-state index contributed by atoms with van der Waals surface area (Å²) in [6.45, 7) is 3.98. The van der Waals surface area contributed by atoms with Gasteiger partial charge in [-0.15, -0.1) is 0 Å². The predicted octanol–water partition coefficient (Wildman–Crippen LogP) is 4.50. The number of amides is 1. The maximum Gasteiger partial charge on any atom is 0.337 e. The van der Waals surface area contributed by atoms with Crippen molar-refractivity contribution >= 4 is 51.9 Å². The standard InChI is InChI=1S/C20H17NO3S2/c1-12-4-9-16(13(2)10-12)21-18(22)17(26-20(21)25)11-14-5-7-15(8-6-14)19(23)24-3/h4-11H,1-3H3/b17-11-. The summed E-state index contributed by atoms with van der Waals surface area (Å²) in [4.78, 5) is 26.5. The lowest BCUT2D eigenvalue weighted by atomic mass is 10.1. The first-order chi connectivity index (χ1) is 12.4. The molecule has 1 amide bonds. The van der Waals surface area contributed by atoms with Crippen LogP contribution in [0, 0.1) is 13.8 Å². The third-order valence-electron chi connectivity index (χ3n) is 4.02. The number of hydrogen-bond acceptors (Lipinski definition) is 5. The van der Waals surface area contributed by atoms with Crippen molar-refractivity contribution in [1.29, 1.82) is 0 Å². The van der Waals surface area contributed by atoms with Crippen LogP contribution in [0.15, 0.2) is 47.4 Å². The third-order valence-corrected chi connectivity index (χ3v) is 5.32. The van der Waals surface area contributed by atoms with E-state index in [2.05, 4.69) is 4.74 Å². The van der Waals surface area contributed by atoms with E-state index in [1.807, 2.05) is 32.0 Å². The molecule has 1 fully saturated rings. The predicted molar refractivity (Wildman–Crippen MR) is 109 cm³/mol. The molecular formula is C20H17NO3S2. The Kier molecular flexibility index (Phi) is 5.25. The van der Waals surface area contributed by atoms with E-state index < -0.39 is 5.97 Å². The number of carbonyl (C=O) groups excluding carboxylic acids is 2. The van der Waals surface area contributed by atoms with E-state index in [-0.39, 0.29) is 5.91 Å². The monoisotopic (exact) mass is 383 g/mol. The first kappa shape index (κ1) is 18.4. The Morgan fingerprint density at radius 2 is 1.85 bits per heavy atom. The van der Waals surface area contributed by atoms with E-state index in [1.165, 1.54) is 18.9 Å². The molecule has 0 N–H and O–H groups in total. The van der Waals surface area contributed by atoms with Crippen molar-refractivity contribution in [1.82, 2.24) is 0 Å². The molecular weight excluding hydrogens is 366 g/mol. The zero-order valence-electron chi connectivity index (χ0n) is 14.6. The SMILES string of the molecule is COC(=O)c1ccc(/C=C2\SC(=S)N(c3ccc(C)cc3C)C2=O)cc1. The zero-order chi connectivity index (χ0) is 18.8. The van der Waals surface area contributed by atoms with Crippen molar-refractivity contribution in [2.75, 3.05) is 12.0 Å². The Bertz CT molecular complexity index is 933. The number of esters is 1. The van der Waals surface area contributed by atoms with E-state index >= 15 is 0 Å². The fourth-order valence-electron chi connectivity index (χ4n) is 2.72. The average molecular weight is 383 g/mol. The van der Waals surface area contributed by atoms with Crippen molar-refractivity contribution in [3.05, 3.63) is 69.6 Å².